The van der Waals surface area contributed by atoms with Crippen molar-refractivity contribution in [2.45, 2.75) is 95.7 Å². The maximum absolute atomic E-state index is 13.1. The van der Waals surface area contributed by atoms with E-state index in [4.69, 9.17) is 24.5 Å². The smallest absolute Gasteiger partial charge is 0.410 e. The summed E-state index contributed by atoms with van der Waals surface area (Å²) in [6.45, 7) is 14.0. The van der Waals surface area contributed by atoms with Gasteiger partial charge in [0.05, 0.1) is 11.9 Å². The van der Waals surface area contributed by atoms with Gasteiger partial charge in [0, 0.05) is 75.0 Å². The highest BCUT2D eigenvalue weighted by molar-refractivity contribution is 6.76. The summed E-state index contributed by atoms with van der Waals surface area (Å²) < 4.78 is 15.4. The van der Waals surface area contributed by atoms with Crippen molar-refractivity contribution in [1.82, 2.24) is 34.3 Å². The third kappa shape index (κ3) is 7.06. The quantitative estimate of drug-likeness (QED) is 0.126. The first-order valence-electron chi connectivity index (χ1n) is 16.0. The Labute approximate surface area is 266 Å². The number of fused-ring (bicyclic) bond motifs is 3. The van der Waals surface area contributed by atoms with Crippen molar-refractivity contribution in [3.05, 3.63) is 48.5 Å². The molecular weight excluding hydrogens is 585 g/mol. The van der Waals surface area contributed by atoms with E-state index in [0.29, 0.717) is 6.73 Å². The van der Waals surface area contributed by atoms with E-state index in [-0.39, 0.29) is 24.1 Å². The van der Waals surface area contributed by atoms with Gasteiger partial charge in [0.1, 0.15) is 23.8 Å². The Balaban J connectivity index is 1.29. The Hall–Kier alpha value is -3.77. The second-order valence-corrected chi connectivity index (χ2v) is 20.3. The molecular formula is C33H46N8O3Si. The number of hydrogen-bond acceptors (Lipinski definition) is 8. The summed E-state index contributed by atoms with van der Waals surface area (Å²) in [4.78, 5) is 25.0. The van der Waals surface area contributed by atoms with Gasteiger partial charge in [-0.15, -0.1) is 0 Å². The van der Waals surface area contributed by atoms with E-state index >= 15 is 0 Å². The molecule has 45 heavy (non-hydrogen) atoms. The molecule has 2 bridgehead atoms. The third-order valence-corrected chi connectivity index (χ3v) is 10.4. The minimum absolute atomic E-state index is 0.149. The molecule has 3 atom stereocenters. The lowest BCUT2D eigenvalue weighted by molar-refractivity contribution is 0.00570. The topological polar surface area (TPSA) is 112 Å². The summed E-state index contributed by atoms with van der Waals surface area (Å²) in [7, 11) is 0.715. The monoisotopic (exact) mass is 630 g/mol. The summed E-state index contributed by atoms with van der Waals surface area (Å²) in [5.74, 6) is 1.06. The van der Waals surface area contributed by atoms with Gasteiger partial charge in [-0.25, -0.2) is 9.78 Å². The van der Waals surface area contributed by atoms with Crippen molar-refractivity contribution in [3.8, 4) is 22.5 Å². The molecule has 12 heteroatoms. The molecule has 4 aromatic heterocycles. The van der Waals surface area contributed by atoms with Gasteiger partial charge < -0.3 is 19.7 Å². The predicted octanol–water partition coefficient (Wildman–Crippen LogP) is 6.56. The van der Waals surface area contributed by atoms with E-state index < -0.39 is 13.7 Å². The highest BCUT2D eigenvalue weighted by Gasteiger charge is 2.45. The fourth-order valence-corrected chi connectivity index (χ4v) is 7.14. The van der Waals surface area contributed by atoms with Crippen LogP contribution in [-0.4, -0.2) is 79.5 Å². The van der Waals surface area contributed by atoms with Crippen molar-refractivity contribution in [3.63, 3.8) is 0 Å². The molecule has 1 unspecified atom stereocenters. The van der Waals surface area contributed by atoms with Gasteiger partial charge in [0.15, 0.2) is 5.65 Å². The summed E-state index contributed by atoms with van der Waals surface area (Å²) in [6, 6.07) is 9.51. The molecule has 1 amide bonds. The van der Waals surface area contributed by atoms with Crippen LogP contribution in [0.15, 0.2) is 42.9 Å². The lowest BCUT2D eigenvalue weighted by Gasteiger charge is -2.39. The largest absolute Gasteiger partial charge is 0.444 e. The Morgan fingerprint density at radius 1 is 1.07 bits per heavy atom. The number of nitrogens with one attached hydrogen (secondary N) is 1. The minimum Gasteiger partial charge on any atom is -0.444 e. The van der Waals surface area contributed by atoms with Crippen LogP contribution in [0.5, 0.6) is 0 Å². The normalized spacial score (nSPS) is 20.2. The number of nitrogens with zero attached hydrogens (tertiary/aromatic N) is 7. The fraction of sp³-hybridized carbons (Fsp3) is 0.545. The second kappa shape index (κ2) is 12.2. The molecule has 4 aromatic rings. The zero-order valence-electron chi connectivity index (χ0n) is 27.6. The molecule has 240 valence electrons. The van der Waals surface area contributed by atoms with E-state index in [2.05, 4.69) is 42.2 Å². The molecule has 1 N–H and O–H groups in total. The van der Waals surface area contributed by atoms with Crippen LogP contribution in [0.1, 0.15) is 58.1 Å². The number of hydrogen-bond donors (Lipinski definition) is 1. The first kappa shape index (κ1) is 31.2. The average molecular weight is 631 g/mol. The average Bonchev–Trinajstić information content (AvgIpc) is 3.66. The van der Waals surface area contributed by atoms with Crippen molar-refractivity contribution < 1.29 is 14.3 Å². The van der Waals surface area contributed by atoms with Crippen molar-refractivity contribution >= 4 is 25.6 Å². The van der Waals surface area contributed by atoms with Crippen LogP contribution in [-0.2, 0) is 16.5 Å². The Morgan fingerprint density at radius 3 is 2.44 bits per heavy atom. The van der Waals surface area contributed by atoms with Gasteiger partial charge in [-0.05, 0) is 64.6 Å². The number of ether oxygens (including phenoxy) is 2. The van der Waals surface area contributed by atoms with Crippen LogP contribution >= 0.6 is 0 Å². The number of aryl methyl sites for hydroxylation is 1. The predicted molar refractivity (Wildman–Crippen MR) is 178 cm³/mol. The van der Waals surface area contributed by atoms with Crippen molar-refractivity contribution in [2.75, 3.05) is 18.7 Å². The van der Waals surface area contributed by atoms with Gasteiger partial charge in [-0.2, -0.15) is 14.7 Å². The molecule has 2 aliphatic heterocycles. The van der Waals surface area contributed by atoms with E-state index in [0.717, 1.165) is 78.0 Å². The molecule has 0 aliphatic carbocycles. The fourth-order valence-electron chi connectivity index (χ4n) is 6.38. The number of anilines is 1. The molecule has 0 aromatic carbocycles. The molecule has 0 radical (unpaired) electrons. The first-order chi connectivity index (χ1) is 21.3. The highest BCUT2D eigenvalue weighted by Crippen LogP contribution is 2.44. The van der Waals surface area contributed by atoms with Crippen LogP contribution < -0.4 is 5.32 Å². The molecule has 6 rings (SSSR count). The number of carbonyl (C=O) groups excluding carboxylic acids is 1. The molecule has 2 fully saturated rings. The maximum Gasteiger partial charge on any atom is 0.410 e. The van der Waals surface area contributed by atoms with Crippen molar-refractivity contribution in [2.24, 2.45) is 7.05 Å². The molecule has 0 spiro atoms. The van der Waals surface area contributed by atoms with E-state index in [1.165, 1.54) is 0 Å². The van der Waals surface area contributed by atoms with Crippen LogP contribution in [0, 0.1) is 0 Å². The van der Waals surface area contributed by atoms with Gasteiger partial charge in [0.2, 0.25) is 0 Å². The Bertz CT molecular complexity index is 1640. The van der Waals surface area contributed by atoms with Gasteiger partial charge in [0.25, 0.3) is 0 Å². The number of piperidine rings is 1. The van der Waals surface area contributed by atoms with Crippen LogP contribution in [0.2, 0.25) is 25.7 Å². The highest BCUT2D eigenvalue weighted by atomic mass is 28.3. The molecule has 0 saturated carbocycles. The summed E-state index contributed by atoms with van der Waals surface area (Å²) in [5, 5.41) is 12.7. The number of pyridine rings is 1. The first-order valence-corrected chi connectivity index (χ1v) is 19.7. The number of carbonyl (C=O) groups is 1. The standard InChI is InChI=1S/C33H46N8O3Si/c1-33(2,3)44-32(42)40-24-9-10-25(40)17-23(16-24)29-18-30(35-21-43-14-15-45(5,6)7)41-31(37-29)26(20-36-41)22-8-11-27(34-19-22)28-12-13-39(4)38-28/h8,11-13,18-20,23-25,35H,9-10,14-17,21H2,1-7H3/t23?,24-,25+. The van der Waals surface area contributed by atoms with E-state index in [1.54, 1.807) is 4.68 Å². The van der Waals surface area contributed by atoms with Crippen LogP contribution in [0.3, 0.4) is 0 Å². The molecule has 2 saturated heterocycles. The maximum atomic E-state index is 13.1. The summed E-state index contributed by atoms with van der Waals surface area (Å²) >= 11 is 0. The number of amides is 1. The van der Waals surface area contributed by atoms with Crippen LogP contribution in [0.25, 0.3) is 28.2 Å². The number of aromatic nitrogens is 6. The van der Waals surface area contributed by atoms with Gasteiger partial charge in [-0.1, -0.05) is 25.7 Å². The molecule has 6 heterocycles. The Morgan fingerprint density at radius 2 is 1.82 bits per heavy atom. The zero-order chi connectivity index (χ0) is 31.9. The minimum atomic E-state index is -1.18. The third-order valence-electron chi connectivity index (χ3n) is 8.65. The van der Waals surface area contributed by atoms with E-state index in [1.807, 2.05) is 68.0 Å². The second-order valence-electron chi connectivity index (χ2n) is 14.6. The molecule has 2 aliphatic rings. The summed E-state index contributed by atoms with van der Waals surface area (Å²) in [5.41, 5.74) is 4.76. The lowest BCUT2D eigenvalue weighted by Crippen LogP contribution is -2.48. The van der Waals surface area contributed by atoms with Gasteiger partial charge >= 0.3 is 6.09 Å². The molecule has 11 nitrogen and oxygen atoms in total. The number of rotatable bonds is 9. The van der Waals surface area contributed by atoms with E-state index in [9.17, 15) is 4.79 Å². The van der Waals surface area contributed by atoms with Crippen LogP contribution in [0.4, 0.5) is 10.6 Å². The SMILES string of the molecule is Cn1ccc(-c2ccc(-c3cnn4c(NCOCC[Si](C)(C)C)cc(C5C[C@H]6CC[C@@H](C5)N6C(=O)OC(C)(C)C)nc34)cn2)n1. The summed E-state index contributed by atoms with van der Waals surface area (Å²) in [6.07, 6.45) is 9.13. The lowest BCUT2D eigenvalue weighted by atomic mass is 9.88. The zero-order valence-corrected chi connectivity index (χ0v) is 28.6. The Kier molecular flexibility index (Phi) is 8.46. The van der Waals surface area contributed by atoms with Crippen molar-refractivity contribution in [1.29, 1.82) is 0 Å². The van der Waals surface area contributed by atoms with Gasteiger partial charge in [-0.3, -0.25) is 9.67 Å².